The lowest BCUT2D eigenvalue weighted by Crippen LogP contribution is -2.05. The van der Waals surface area contributed by atoms with Gasteiger partial charge in [0.05, 0.1) is 23.4 Å². The summed E-state index contributed by atoms with van der Waals surface area (Å²) in [6.07, 6.45) is 1.83. The van der Waals surface area contributed by atoms with Crippen LogP contribution in [0.15, 0.2) is 29.4 Å². The predicted molar refractivity (Wildman–Crippen MR) is 99.2 cm³/mol. The molecule has 3 rings (SSSR count). The highest BCUT2D eigenvalue weighted by molar-refractivity contribution is 7.98. The van der Waals surface area contributed by atoms with Crippen molar-refractivity contribution < 1.29 is 13.9 Å². The Morgan fingerprint density at radius 1 is 1.40 bits per heavy atom. The molecule has 130 valence electrons. The third kappa shape index (κ3) is 3.38. The molecule has 0 atom stereocenters. The van der Waals surface area contributed by atoms with Crippen LogP contribution in [0, 0.1) is 5.82 Å². The molecule has 9 heteroatoms. The number of aromatic nitrogens is 2. The van der Waals surface area contributed by atoms with Crippen LogP contribution >= 0.6 is 23.1 Å². The number of carbonyl (C=O) groups excluding carboxylic acids is 1. The minimum Gasteiger partial charge on any atom is -0.462 e. The number of hydrogen-bond acceptors (Lipinski definition) is 8. The van der Waals surface area contributed by atoms with Crippen LogP contribution in [0.5, 0.6) is 0 Å². The molecule has 0 saturated carbocycles. The second kappa shape index (κ2) is 7.24. The summed E-state index contributed by atoms with van der Waals surface area (Å²) in [7, 11) is 0. The number of esters is 1. The standard InChI is InChI=1S/C16H15FN4O2S2/c1-3-23-15(22)12-11(18)10-13(19-9-7-5-4-6-8(9)17)20-16(24-2)21-14(10)25-12/h4-7H,3,18H2,1-2H3,(H,19,20,21). The van der Waals surface area contributed by atoms with Crippen LogP contribution in [0.1, 0.15) is 16.6 Å². The molecule has 0 aliphatic heterocycles. The minimum absolute atomic E-state index is 0.227. The molecule has 3 aromatic rings. The second-order valence-electron chi connectivity index (χ2n) is 4.91. The number of rotatable bonds is 5. The van der Waals surface area contributed by atoms with Crippen LogP contribution in [0.3, 0.4) is 0 Å². The molecule has 0 saturated heterocycles. The Kier molecular flexibility index (Phi) is 5.05. The van der Waals surface area contributed by atoms with Gasteiger partial charge in [0.25, 0.3) is 0 Å². The maximum Gasteiger partial charge on any atom is 0.350 e. The van der Waals surface area contributed by atoms with Crippen molar-refractivity contribution in [3.8, 4) is 0 Å². The molecule has 0 spiro atoms. The fourth-order valence-electron chi connectivity index (χ4n) is 2.22. The van der Waals surface area contributed by atoms with Crippen LogP contribution in [-0.2, 0) is 4.74 Å². The summed E-state index contributed by atoms with van der Waals surface area (Å²) in [6, 6.07) is 6.25. The quantitative estimate of drug-likeness (QED) is 0.393. The number of benzene rings is 1. The monoisotopic (exact) mass is 378 g/mol. The summed E-state index contributed by atoms with van der Waals surface area (Å²) in [5, 5.41) is 3.92. The molecule has 0 fully saturated rings. The highest BCUT2D eigenvalue weighted by Gasteiger charge is 2.22. The SMILES string of the molecule is CCOC(=O)c1sc2nc(SC)nc(Nc3ccccc3F)c2c1N. The lowest BCUT2D eigenvalue weighted by atomic mass is 10.2. The number of fused-ring (bicyclic) bond motifs is 1. The molecule has 25 heavy (non-hydrogen) atoms. The van der Waals surface area contributed by atoms with Gasteiger partial charge in [0, 0.05) is 0 Å². The van der Waals surface area contributed by atoms with Crippen molar-refractivity contribution in [2.45, 2.75) is 12.1 Å². The van der Waals surface area contributed by atoms with Gasteiger partial charge in [-0.2, -0.15) is 0 Å². The van der Waals surface area contributed by atoms with Crippen LogP contribution in [-0.4, -0.2) is 28.8 Å². The Morgan fingerprint density at radius 3 is 2.84 bits per heavy atom. The van der Waals surface area contributed by atoms with E-state index in [4.69, 9.17) is 10.5 Å². The second-order valence-corrected chi connectivity index (χ2v) is 6.68. The van der Waals surface area contributed by atoms with E-state index in [1.54, 1.807) is 25.1 Å². The van der Waals surface area contributed by atoms with Crippen molar-refractivity contribution in [3.05, 3.63) is 35.0 Å². The van der Waals surface area contributed by atoms with Crippen LogP contribution in [0.4, 0.5) is 21.6 Å². The summed E-state index contributed by atoms with van der Waals surface area (Å²) in [6.45, 7) is 1.97. The number of anilines is 3. The fourth-order valence-corrected chi connectivity index (χ4v) is 3.63. The van der Waals surface area contributed by atoms with E-state index in [0.717, 1.165) is 11.3 Å². The normalized spacial score (nSPS) is 10.8. The maximum absolute atomic E-state index is 14.0. The number of ether oxygens (including phenoxy) is 1. The first-order chi connectivity index (χ1) is 12.0. The molecule has 0 radical (unpaired) electrons. The van der Waals surface area contributed by atoms with E-state index in [0.29, 0.717) is 21.2 Å². The average molecular weight is 378 g/mol. The van der Waals surface area contributed by atoms with Gasteiger partial charge in [-0.15, -0.1) is 11.3 Å². The number of para-hydroxylation sites is 1. The number of nitrogens with one attached hydrogen (secondary N) is 1. The van der Waals surface area contributed by atoms with Gasteiger partial charge in [0.15, 0.2) is 5.16 Å². The first kappa shape index (κ1) is 17.4. The van der Waals surface area contributed by atoms with Gasteiger partial charge in [-0.05, 0) is 25.3 Å². The molecule has 0 aliphatic carbocycles. The highest BCUT2D eigenvalue weighted by Crippen LogP contribution is 2.39. The largest absolute Gasteiger partial charge is 0.462 e. The van der Waals surface area contributed by atoms with E-state index in [9.17, 15) is 9.18 Å². The zero-order chi connectivity index (χ0) is 18.0. The molecular weight excluding hydrogens is 363 g/mol. The van der Waals surface area contributed by atoms with Crippen molar-refractivity contribution in [2.24, 2.45) is 0 Å². The molecule has 6 nitrogen and oxygen atoms in total. The van der Waals surface area contributed by atoms with Crippen molar-refractivity contribution >= 4 is 56.5 Å². The maximum atomic E-state index is 14.0. The number of thioether (sulfide) groups is 1. The van der Waals surface area contributed by atoms with E-state index in [-0.39, 0.29) is 22.9 Å². The van der Waals surface area contributed by atoms with Crippen LogP contribution in [0.25, 0.3) is 10.2 Å². The van der Waals surface area contributed by atoms with E-state index >= 15 is 0 Å². The van der Waals surface area contributed by atoms with Crippen molar-refractivity contribution in [1.82, 2.24) is 9.97 Å². The molecule has 2 aromatic heterocycles. The number of carbonyl (C=O) groups is 1. The van der Waals surface area contributed by atoms with Gasteiger partial charge in [-0.25, -0.2) is 19.2 Å². The number of nitrogens with zero attached hydrogens (tertiary/aromatic N) is 2. The first-order valence-corrected chi connectivity index (χ1v) is 9.42. The highest BCUT2D eigenvalue weighted by atomic mass is 32.2. The van der Waals surface area contributed by atoms with Gasteiger partial charge >= 0.3 is 5.97 Å². The molecule has 1 aromatic carbocycles. The molecule has 0 aliphatic rings. The van der Waals surface area contributed by atoms with Crippen molar-refractivity contribution in [1.29, 1.82) is 0 Å². The zero-order valence-electron chi connectivity index (χ0n) is 13.5. The number of halogens is 1. The van der Waals surface area contributed by atoms with E-state index in [2.05, 4.69) is 15.3 Å². The lowest BCUT2D eigenvalue weighted by Gasteiger charge is -2.09. The summed E-state index contributed by atoms with van der Waals surface area (Å²) >= 11 is 2.47. The van der Waals surface area contributed by atoms with E-state index in [1.165, 1.54) is 17.8 Å². The summed E-state index contributed by atoms with van der Waals surface area (Å²) in [4.78, 5) is 21.7. The Bertz CT molecular complexity index is 945. The van der Waals surface area contributed by atoms with Gasteiger partial charge in [0.1, 0.15) is 21.3 Å². The third-order valence-corrected chi connectivity index (χ3v) is 4.97. The smallest absolute Gasteiger partial charge is 0.350 e. The summed E-state index contributed by atoms with van der Waals surface area (Å²) < 4.78 is 19.0. The Balaban J connectivity index is 2.16. The summed E-state index contributed by atoms with van der Waals surface area (Å²) in [5.74, 6) is -0.575. The number of thiophene rings is 1. The van der Waals surface area contributed by atoms with Crippen molar-refractivity contribution in [2.75, 3.05) is 23.9 Å². The van der Waals surface area contributed by atoms with Gasteiger partial charge in [0.2, 0.25) is 0 Å². The zero-order valence-corrected chi connectivity index (χ0v) is 15.1. The number of nitrogens with two attached hydrogens (primary N) is 1. The topological polar surface area (TPSA) is 90.1 Å². The third-order valence-electron chi connectivity index (χ3n) is 3.34. The van der Waals surface area contributed by atoms with Crippen LogP contribution < -0.4 is 11.1 Å². The average Bonchev–Trinajstić information content (AvgIpc) is 2.94. The molecule has 0 bridgehead atoms. The van der Waals surface area contributed by atoms with Crippen LogP contribution in [0.2, 0.25) is 0 Å². The number of nitrogen functional groups attached to an aromatic ring is 1. The first-order valence-electron chi connectivity index (χ1n) is 7.37. The molecule has 0 amide bonds. The molecule has 0 unspecified atom stereocenters. The molecular formula is C16H15FN4O2S2. The van der Waals surface area contributed by atoms with Gasteiger partial charge in [-0.3, -0.25) is 0 Å². The molecule has 2 heterocycles. The predicted octanol–water partition coefficient (Wildman–Crippen LogP) is 4.05. The van der Waals surface area contributed by atoms with Gasteiger partial charge < -0.3 is 15.8 Å². The number of hydrogen-bond donors (Lipinski definition) is 2. The van der Waals surface area contributed by atoms with Gasteiger partial charge in [-0.1, -0.05) is 23.9 Å². The van der Waals surface area contributed by atoms with E-state index < -0.39 is 11.8 Å². The Hall–Kier alpha value is -2.39. The Morgan fingerprint density at radius 2 is 2.16 bits per heavy atom. The van der Waals surface area contributed by atoms with Crippen molar-refractivity contribution in [3.63, 3.8) is 0 Å². The molecule has 3 N–H and O–H groups in total. The Labute approximate surface area is 151 Å². The summed E-state index contributed by atoms with van der Waals surface area (Å²) in [5.41, 5.74) is 6.63. The fraction of sp³-hybridized carbons (Fsp3) is 0.188. The lowest BCUT2D eigenvalue weighted by molar-refractivity contribution is 0.0533. The van der Waals surface area contributed by atoms with E-state index in [1.807, 2.05) is 6.26 Å². The minimum atomic E-state index is -0.509.